The van der Waals surface area contributed by atoms with Crippen molar-refractivity contribution in [1.82, 2.24) is 9.97 Å². The quantitative estimate of drug-likeness (QED) is 0.751. The van der Waals surface area contributed by atoms with Gasteiger partial charge in [0.25, 0.3) is 0 Å². The second kappa shape index (κ2) is 5.89. The molecule has 0 saturated carbocycles. The second-order valence-corrected chi connectivity index (χ2v) is 6.44. The highest BCUT2D eigenvalue weighted by molar-refractivity contribution is 6.31. The van der Waals surface area contributed by atoms with E-state index in [0.29, 0.717) is 11.4 Å². The predicted molar refractivity (Wildman–Crippen MR) is 88.3 cm³/mol. The average Bonchev–Trinajstić information content (AvgIpc) is 2.91. The number of benzene rings is 1. The summed E-state index contributed by atoms with van der Waals surface area (Å²) >= 11 is 5.95. The fourth-order valence-corrected chi connectivity index (χ4v) is 2.60. The van der Waals surface area contributed by atoms with Crippen LogP contribution in [0.5, 0.6) is 0 Å². The fraction of sp³-hybridized carbons (Fsp3) is 0.235. The topological polar surface area (TPSA) is 96.5 Å². The first-order chi connectivity index (χ1) is 11.2. The van der Waals surface area contributed by atoms with Crippen LogP contribution in [0, 0.1) is 0 Å². The molecule has 24 heavy (non-hydrogen) atoms. The molecular weight excluding hydrogens is 332 g/mol. The van der Waals surface area contributed by atoms with Crippen molar-refractivity contribution in [3.63, 3.8) is 0 Å². The van der Waals surface area contributed by atoms with E-state index in [4.69, 9.17) is 16.0 Å². The van der Waals surface area contributed by atoms with E-state index in [1.165, 1.54) is 13.8 Å². The molecule has 0 atom stereocenters. The van der Waals surface area contributed by atoms with Crippen molar-refractivity contribution in [2.45, 2.75) is 25.9 Å². The van der Waals surface area contributed by atoms with E-state index in [0.717, 1.165) is 16.5 Å². The highest BCUT2D eigenvalue weighted by Gasteiger charge is 2.30. The number of aromatic carboxylic acids is 1. The Kier molecular flexibility index (Phi) is 4.03. The van der Waals surface area contributed by atoms with Gasteiger partial charge in [0.2, 0.25) is 5.76 Å². The molecule has 124 valence electrons. The molecule has 3 rings (SSSR count). The van der Waals surface area contributed by atoms with Gasteiger partial charge < -0.3 is 14.6 Å². The monoisotopic (exact) mass is 346 g/mol. The molecule has 0 aliphatic heterocycles. The minimum atomic E-state index is -1.41. The zero-order valence-electron chi connectivity index (χ0n) is 13.1. The number of hydrogen-bond donors (Lipinski definition) is 2. The third-order valence-electron chi connectivity index (χ3n) is 3.51. The van der Waals surface area contributed by atoms with Gasteiger partial charge in [0.15, 0.2) is 5.89 Å². The summed E-state index contributed by atoms with van der Waals surface area (Å²) in [6.45, 7) is 2.93. The lowest BCUT2D eigenvalue weighted by Gasteiger charge is -2.13. The molecule has 0 aliphatic carbocycles. The minimum Gasteiger partial charge on any atom is -0.475 e. The highest BCUT2D eigenvalue weighted by atomic mass is 35.5. The summed E-state index contributed by atoms with van der Waals surface area (Å²) in [6, 6.07) is 7.40. The maximum Gasteiger partial charge on any atom is 0.373 e. The van der Waals surface area contributed by atoms with Crippen molar-refractivity contribution in [2.75, 3.05) is 0 Å². The van der Waals surface area contributed by atoms with Crippen LogP contribution in [0.15, 0.2) is 34.9 Å². The van der Waals surface area contributed by atoms with Gasteiger partial charge in [0, 0.05) is 18.0 Å². The Hall–Kier alpha value is -2.44. The molecule has 0 aliphatic rings. The molecule has 0 amide bonds. The number of hydrogen-bond acceptors (Lipinski definition) is 5. The molecule has 2 N–H and O–H groups in total. The van der Waals surface area contributed by atoms with E-state index in [2.05, 4.69) is 9.97 Å². The number of oxazole rings is 1. The van der Waals surface area contributed by atoms with Crippen LogP contribution >= 0.6 is 11.6 Å². The molecule has 7 heteroatoms. The maximum absolute atomic E-state index is 11.3. The summed E-state index contributed by atoms with van der Waals surface area (Å²) in [5.74, 6) is -1.39. The van der Waals surface area contributed by atoms with Crippen molar-refractivity contribution >= 4 is 28.5 Å². The standard InChI is InChI=1S/C17H15ClN2O4/c1-17(2,23)15-14(16(21)22)24-13(20-15)6-9-3-4-12-10(5-9)7-11(18)8-19-12/h3-5,7-8,23H,6H2,1-2H3,(H,21,22). The Morgan fingerprint density at radius 2 is 2.08 bits per heavy atom. The van der Waals surface area contributed by atoms with E-state index in [-0.39, 0.29) is 17.3 Å². The summed E-state index contributed by atoms with van der Waals surface area (Å²) in [7, 11) is 0. The van der Waals surface area contributed by atoms with Crippen LogP contribution in [-0.2, 0) is 12.0 Å². The molecular formula is C17H15ClN2O4. The molecule has 3 aromatic rings. The Balaban J connectivity index is 1.98. The van der Waals surface area contributed by atoms with Crippen molar-refractivity contribution in [2.24, 2.45) is 0 Å². The number of fused-ring (bicyclic) bond motifs is 1. The van der Waals surface area contributed by atoms with E-state index in [9.17, 15) is 15.0 Å². The van der Waals surface area contributed by atoms with Crippen LogP contribution in [0.3, 0.4) is 0 Å². The van der Waals surface area contributed by atoms with Crippen molar-refractivity contribution in [3.8, 4) is 0 Å². The van der Waals surface area contributed by atoms with Gasteiger partial charge in [-0.15, -0.1) is 0 Å². The largest absolute Gasteiger partial charge is 0.475 e. The Bertz CT molecular complexity index is 928. The Labute approximate surface area is 142 Å². The van der Waals surface area contributed by atoms with Gasteiger partial charge in [-0.05, 0) is 37.6 Å². The van der Waals surface area contributed by atoms with Crippen LogP contribution in [-0.4, -0.2) is 26.2 Å². The van der Waals surface area contributed by atoms with E-state index >= 15 is 0 Å². The van der Waals surface area contributed by atoms with Gasteiger partial charge in [-0.1, -0.05) is 17.7 Å². The summed E-state index contributed by atoms with van der Waals surface area (Å²) in [6.07, 6.45) is 1.87. The number of aliphatic hydroxyl groups is 1. The lowest BCUT2D eigenvalue weighted by molar-refractivity contribution is 0.0576. The Morgan fingerprint density at radius 1 is 1.33 bits per heavy atom. The van der Waals surface area contributed by atoms with Crippen LogP contribution in [0.1, 0.15) is 41.6 Å². The molecule has 0 saturated heterocycles. The number of rotatable bonds is 4. The second-order valence-electron chi connectivity index (χ2n) is 6.01. The van der Waals surface area contributed by atoms with Crippen LogP contribution in [0.4, 0.5) is 0 Å². The first-order valence-electron chi connectivity index (χ1n) is 7.24. The first kappa shape index (κ1) is 16.4. The van der Waals surface area contributed by atoms with Gasteiger partial charge in [-0.2, -0.15) is 0 Å². The molecule has 0 unspecified atom stereocenters. The normalized spacial score (nSPS) is 11.8. The van der Waals surface area contributed by atoms with Crippen molar-refractivity contribution < 1.29 is 19.4 Å². The predicted octanol–water partition coefficient (Wildman–Crippen LogP) is 3.39. The summed E-state index contributed by atoms with van der Waals surface area (Å²) in [4.78, 5) is 19.7. The SMILES string of the molecule is CC(C)(O)c1nc(Cc2ccc3ncc(Cl)cc3c2)oc1C(=O)O. The summed E-state index contributed by atoms with van der Waals surface area (Å²) in [5.41, 5.74) is 0.276. The molecule has 2 aromatic heterocycles. The first-order valence-corrected chi connectivity index (χ1v) is 7.62. The maximum atomic E-state index is 11.3. The van der Waals surface area contributed by atoms with Crippen LogP contribution < -0.4 is 0 Å². The highest BCUT2D eigenvalue weighted by Crippen LogP contribution is 2.26. The molecule has 6 nitrogen and oxygen atoms in total. The molecule has 1 aromatic carbocycles. The van der Waals surface area contributed by atoms with E-state index in [1.54, 1.807) is 12.3 Å². The molecule has 0 fully saturated rings. The molecule has 0 spiro atoms. The number of aromatic nitrogens is 2. The number of carboxylic acids is 1. The smallest absolute Gasteiger partial charge is 0.373 e. The number of carboxylic acid groups (broad SMARTS) is 1. The lowest BCUT2D eigenvalue weighted by Crippen LogP contribution is -2.19. The third kappa shape index (κ3) is 3.25. The zero-order chi connectivity index (χ0) is 17.5. The van der Waals surface area contributed by atoms with Gasteiger partial charge in [-0.3, -0.25) is 4.98 Å². The van der Waals surface area contributed by atoms with Crippen molar-refractivity contribution in [1.29, 1.82) is 0 Å². The molecule has 2 heterocycles. The number of carbonyl (C=O) groups is 1. The number of pyridine rings is 1. The van der Waals surface area contributed by atoms with Crippen LogP contribution in [0.25, 0.3) is 10.9 Å². The zero-order valence-corrected chi connectivity index (χ0v) is 13.8. The van der Waals surface area contributed by atoms with Crippen LogP contribution in [0.2, 0.25) is 5.02 Å². The summed E-state index contributed by atoms with van der Waals surface area (Å²) < 4.78 is 5.33. The van der Waals surface area contributed by atoms with E-state index in [1.807, 2.05) is 18.2 Å². The van der Waals surface area contributed by atoms with Gasteiger partial charge in [-0.25, -0.2) is 9.78 Å². The summed E-state index contributed by atoms with van der Waals surface area (Å²) in [5, 5.41) is 20.7. The fourth-order valence-electron chi connectivity index (χ4n) is 2.44. The minimum absolute atomic E-state index is 0.00972. The lowest BCUT2D eigenvalue weighted by atomic mass is 10.0. The number of halogens is 1. The van der Waals surface area contributed by atoms with Gasteiger partial charge in [0.05, 0.1) is 10.5 Å². The van der Waals surface area contributed by atoms with Gasteiger partial charge in [0.1, 0.15) is 11.3 Å². The van der Waals surface area contributed by atoms with E-state index < -0.39 is 11.6 Å². The van der Waals surface area contributed by atoms with Gasteiger partial charge >= 0.3 is 5.97 Å². The van der Waals surface area contributed by atoms with Crippen molar-refractivity contribution in [3.05, 3.63) is 58.4 Å². The number of nitrogens with zero attached hydrogens (tertiary/aromatic N) is 2. The third-order valence-corrected chi connectivity index (χ3v) is 3.72. The Morgan fingerprint density at radius 3 is 2.71 bits per heavy atom. The molecule has 0 radical (unpaired) electrons. The molecule has 0 bridgehead atoms. The average molecular weight is 347 g/mol.